The standard InChI is InChI=1S/C16H17FN4O3/c1-8(2)21-14(22)6-12(16(21)23)20-15-9-4-13(24-3)10(17)5-11(9)18-7-19-15/h4-5,7-8,12H,6H2,1-3H3,(H,18,19,20). The van der Waals surface area contributed by atoms with Gasteiger partial charge in [-0.3, -0.25) is 14.5 Å². The van der Waals surface area contributed by atoms with Crippen molar-refractivity contribution in [1.29, 1.82) is 0 Å². The van der Waals surface area contributed by atoms with Crippen LogP contribution < -0.4 is 10.1 Å². The van der Waals surface area contributed by atoms with Gasteiger partial charge in [0.15, 0.2) is 11.6 Å². The zero-order valence-electron chi connectivity index (χ0n) is 13.5. The van der Waals surface area contributed by atoms with Gasteiger partial charge in [0.25, 0.3) is 5.91 Å². The first-order valence-electron chi connectivity index (χ1n) is 7.53. The SMILES string of the molecule is COc1cc2c(NC3CC(=O)N(C(C)C)C3=O)ncnc2cc1F. The van der Waals surface area contributed by atoms with E-state index >= 15 is 0 Å². The number of carbonyl (C=O) groups is 2. The minimum atomic E-state index is -0.700. The number of rotatable bonds is 4. The molecule has 0 radical (unpaired) electrons. The summed E-state index contributed by atoms with van der Waals surface area (Å²) >= 11 is 0. The number of aromatic nitrogens is 2. The third-order valence-electron chi connectivity index (χ3n) is 3.92. The molecule has 0 spiro atoms. The van der Waals surface area contributed by atoms with Gasteiger partial charge in [-0.05, 0) is 19.9 Å². The number of likely N-dealkylation sites (tertiary alicyclic amines) is 1. The quantitative estimate of drug-likeness (QED) is 0.858. The number of fused-ring (bicyclic) bond motifs is 1. The molecule has 0 aliphatic carbocycles. The van der Waals surface area contributed by atoms with Crippen LogP contribution in [0.5, 0.6) is 5.75 Å². The van der Waals surface area contributed by atoms with E-state index in [1.807, 2.05) is 0 Å². The molecule has 2 aromatic rings. The summed E-state index contributed by atoms with van der Waals surface area (Å²) in [5.74, 6) is -0.647. The van der Waals surface area contributed by atoms with E-state index in [2.05, 4.69) is 15.3 Å². The topological polar surface area (TPSA) is 84.4 Å². The lowest BCUT2D eigenvalue weighted by atomic mass is 10.2. The third-order valence-corrected chi connectivity index (χ3v) is 3.92. The van der Waals surface area contributed by atoms with Crippen LogP contribution in [0.25, 0.3) is 10.9 Å². The van der Waals surface area contributed by atoms with Crippen LogP contribution in [0.3, 0.4) is 0 Å². The molecule has 1 atom stereocenters. The minimum absolute atomic E-state index is 0.0537. The number of benzene rings is 1. The molecule has 24 heavy (non-hydrogen) atoms. The molecular weight excluding hydrogens is 315 g/mol. The predicted molar refractivity (Wildman–Crippen MR) is 85.1 cm³/mol. The van der Waals surface area contributed by atoms with Crippen molar-refractivity contribution in [3.8, 4) is 5.75 Å². The molecule has 3 rings (SSSR count). The normalized spacial score (nSPS) is 17.9. The van der Waals surface area contributed by atoms with Crippen LogP contribution in [0.1, 0.15) is 20.3 Å². The first-order chi connectivity index (χ1) is 11.4. The number of ether oxygens (including phenoxy) is 1. The lowest BCUT2D eigenvalue weighted by Gasteiger charge is -2.19. The molecule has 8 heteroatoms. The summed E-state index contributed by atoms with van der Waals surface area (Å²) in [6, 6.07) is 1.81. The molecule has 1 fully saturated rings. The van der Waals surface area contributed by atoms with Crippen molar-refractivity contribution in [2.24, 2.45) is 0 Å². The van der Waals surface area contributed by atoms with Crippen LogP contribution in [-0.2, 0) is 9.59 Å². The highest BCUT2D eigenvalue weighted by molar-refractivity contribution is 6.07. The highest BCUT2D eigenvalue weighted by Gasteiger charge is 2.40. The maximum Gasteiger partial charge on any atom is 0.252 e. The Labute approximate surface area is 137 Å². The van der Waals surface area contributed by atoms with E-state index in [4.69, 9.17) is 4.74 Å². The average Bonchev–Trinajstić information content (AvgIpc) is 2.81. The number of anilines is 1. The Morgan fingerprint density at radius 1 is 1.33 bits per heavy atom. The molecule has 0 saturated carbocycles. The Balaban J connectivity index is 1.96. The Kier molecular flexibility index (Phi) is 4.04. The fourth-order valence-electron chi connectivity index (χ4n) is 2.80. The van der Waals surface area contributed by atoms with E-state index in [0.717, 1.165) is 0 Å². The Bertz CT molecular complexity index is 824. The number of halogens is 1. The fourth-order valence-corrected chi connectivity index (χ4v) is 2.80. The number of nitrogens with zero attached hydrogens (tertiary/aromatic N) is 3. The number of imide groups is 1. The summed E-state index contributed by atoms with van der Waals surface area (Å²) in [6.07, 6.45) is 1.33. The van der Waals surface area contributed by atoms with Gasteiger partial charge in [-0.1, -0.05) is 0 Å². The molecule has 1 N–H and O–H groups in total. The van der Waals surface area contributed by atoms with Crippen LogP contribution in [0, 0.1) is 5.82 Å². The highest BCUT2D eigenvalue weighted by Crippen LogP contribution is 2.29. The molecule has 126 valence electrons. The molecule has 0 bridgehead atoms. The first kappa shape index (κ1) is 16.1. The summed E-state index contributed by atoms with van der Waals surface area (Å²) in [5.41, 5.74) is 0.378. The smallest absolute Gasteiger partial charge is 0.252 e. The summed E-state index contributed by atoms with van der Waals surface area (Å²) in [4.78, 5) is 33.8. The van der Waals surface area contributed by atoms with Crippen LogP contribution in [0.15, 0.2) is 18.5 Å². The average molecular weight is 332 g/mol. The Hall–Kier alpha value is -2.77. The van der Waals surface area contributed by atoms with Crippen molar-refractivity contribution in [3.05, 3.63) is 24.3 Å². The molecule has 2 heterocycles. The number of hydrogen-bond acceptors (Lipinski definition) is 6. The second-order valence-corrected chi connectivity index (χ2v) is 5.82. The van der Waals surface area contributed by atoms with Gasteiger partial charge in [-0.15, -0.1) is 0 Å². The van der Waals surface area contributed by atoms with Crippen LogP contribution in [0.2, 0.25) is 0 Å². The van der Waals surface area contributed by atoms with Crippen molar-refractivity contribution in [2.75, 3.05) is 12.4 Å². The van der Waals surface area contributed by atoms with Crippen LogP contribution >= 0.6 is 0 Å². The van der Waals surface area contributed by atoms with Gasteiger partial charge < -0.3 is 10.1 Å². The number of amides is 2. The second kappa shape index (κ2) is 6.03. The van der Waals surface area contributed by atoms with E-state index in [0.29, 0.717) is 16.7 Å². The number of methoxy groups -OCH3 is 1. The molecule has 1 unspecified atom stereocenters. The van der Waals surface area contributed by atoms with Crippen molar-refractivity contribution in [2.45, 2.75) is 32.4 Å². The summed E-state index contributed by atoms with van der Waals surface area (Å²) in [5, 5.41) is 3.49. The van der Waals surface area contributed by atoms with Crippen molar-refractivity contribution < 1.29 is 18.7 Å². The van der Waals surface area contributed by atoms with Gasteiger partial charge in [0.05, 0.1) is 19.0 Å². The second-order valence-electron chi connectivity index (χ2n) is 5.82. The van der Waals surface area contributed by atoms with Gasteiger partial charge in [-0.2, -0.15) is 0 Å². The summed E-state index contributed by atoms with van der Waals surface area (Å²) in [6.45, 7) is 3.57. The van der Waals surface area contributed by atoms with Crippen LogP contribution in [-0.4, -0.2) is 45.9 Å². The molecule has 7 nitrogen and oxygen atoms in total. The van der Waals surface area contributed by atoms with Crippen LogP contribution in [0.4, 0.5) is 10.2 Å². The van der Waals surface area contributed by atoms with E-state index in [-0.39, 0.29) is 30.0 Å². The van der Waals surface area contributed by atoms with Crippen molar-refractivity contribution in [3.63, 3.8) is 0 Å². The number of hydrogen-bond donors (Lipinski definition) is 1. The molecular formula is C16H17FN4O3. The first-order valence-corrected chi connectivity index (χ1v) is 7.53. The maximum absolute atomic E-state index is 13.8. The monoisotopic (exact) mass is 332 g/mol. The zero-order valence-corrected chi connectivity index (χ0v) is 13.5. The van der Waals surface area contributed by atoms with E-state index in [1.165, 1.54) is 30.5 Å². The van der Waals surface area contributed by atoms with E-state index < -0.39 is 11.9 Å². The van der Waals surface area contributed by atoms with Gasteiger partial charge in [-0.25, -0.2) is 14.4 Å². The molecule has 1 saturated heterocycles. The summed E-state index contributed by atoms with van der Waals surface area (Å²) < 4.78 is 18.8. The molecule has 1 aliphatic rings. The fraction of sp³-hybridized carbons (Fsp3) is 0.375. The number of nitrogens with one attached hydrogen (secondary N) is 1. The number of carbonyl (C=O) groups excluding carboxylic acids is 2. The highest BCUT2D eigenvalue weighted by atomic mass is 19.1. The van der Waals surface area contributed by atoms with Crippen molar-refractivity contribution >= 4 is 28.5 Å². The van der Waals surface area contributed by atoms with E-state index in [9.17, 15) is 14.0 Å². The minimum Gasteiger partial charge on any atom is -0.494 e. The summed E-state index contributed by atoms with van der Waals surface area (Å²) in [7, 11) is 1.36. The predicted octanol–water partition coefficient (Wildman–Crippen LogP) is 1.73. The zero-order chi connectivity index (χ0) is 17.4. The maximum atomic E-state index is 13.8. The van der Waals surface area contributed by atoms with Gasteiger partial charge in [0.1, 0.15) is 18.2 Å². The Morgan fingerprint density at radius 3 is 2.71 bits per heavy atom. The van der Waals surface area contributed by atoms with Gasteiger partial charge in [0, 0.05) is 17.5 Å². The largest absolute Gasteiger partial charge is 0.494 e. The Morgan fingerprint density at radius 2 is 2.08 bits per heavy atom. The lowest BCUT2D eigenvalue weighted by Crippen LogP contribution is -2.39. The molecule has 1 aromatic heterocycles. The lowest BCUT2D eigenvalue weighted by molar-refractivity contribution is -0.140. The molecule has 1 aliphatic heterocycles. The van der Waals surface area contributed by atoms with Gasteiger partial charge in [0.2, 0.25) is 5.91 Å². The molecule has 1 aromatic carbocycles. The van der Waals surface area contributed by atoms with Crippen molar-refractivity contribution in [1.82, 2.24) is 14.9 Å². The molecule has 2 amide bonds. The third kappa shape index (κ3) is 2.64. The van der Waals surface area contributed by atoms with Gasteiger partial charge >= 0.3 is 0 Å². The van der Waals surface area contributed by atoms with E-state index in [1.54, 1.807) is 13.8 Å².